The molecule has 1 rings (SSSR count). The van der Waals surface area contributed by atoms with Crippen LogP contribution in [-0.4, -0.2) is 36.7 Å². The van der Waals surface area contributed by atoms with Crippen molar-refractivity contribution in [2.75, 3.05) is 26.2 Å². The molecule has 0 aliphatic carbocycles. The molecule has 0 fully saturated rings. The van der Waals surface area contributed by atoms with E-state index in [1.807, 2.05) is 12.1 Å². The third-order valence-electron chi connectivity index (χ3n) is 3.39. The molecule has 0 aliphatic heterocycles. The van der Waals surface area contributed by atoms with Gasteiger partial charge in [0.05, 0.1) is 0 Å². The Morgan fingerprint density at radius 1 is 1.19 bits per heavy atom. The van der Waals surface area contributed by atoms with Crippen molar-refractivity contribution < 1.29 is 4.74 Å². The van der Waals surface area contributed by atoms with Crippen LogP contribution in [0.25, 0.3) is 0 Å². The lowest BCUT2D eigenvalue weighted by molar-refractivity contribution is 0.221. The number of rotatable bonds is 8. The van der Waals surface area contributed by atoms with Gasteiger partial charge in [-0.25, -0.2) is 0 Å². The lowest BCUT2D eigenvalue weighted by atomic mass is 10.1. The van der Waals surface area contributed by atoms with Gasteiger partial charge in [0.2, 0.25) is 0 Å². The van der Waals surface area contributed by atoms with E-state index < -0.39 is 0 Å². The summed E-state index contributed by atoms with van der Waals surface area (Å²) in [5.41, 5.74) is 1.29. The second-order valence-electron chi connectivity index (χ2n) is 6.23. The molecule has 0 unspecified atom stereocenters. The molecule has 4 heteroatoms. The Labute approximate surface area is 138 Å². The Kier molecular flexibility index (Phi) is 7.71. The van der Waals surface area contributed by atoms with E-state index in [0.717, 1.165) is 43.0 Å². The van der Waals surface area contributed by atoms with E-state index in [0.29, 0.717) is 0 Å². The van der Waals surface area contributed by atoms with E-state index in [9.17, 15) is 0 Å². The van der Waals surface area contributed by atoms with Gasteiger partial charge in [0.15, 0.2) is 0 Å². The molecule has 0 radical (unpaired) electrons. The summed E-state index contributed by atoms with van der Waals surface area (Å²) in [6, 6.07) is 6.21. The number of hydrogen-bond donors (Lipinski definition) is 1. The Bertz CT molecular complexity index is 425. The van der Waals surface area contributed by atoms with Gasteiger partial charge in [0, 0.05) is 28.7 Å². The van der Waals surface area contributed by atoms with E-state index in [4.69, 9.17) is 4.74 Å². The Hall–Kier alpha value is -0.580. The summed E-state index contributed by atoms with van der Waals surface area (Å²) in [7, 11) is 0. The van der Waals surface area contributed by atoms with Crippen LogP contribution < -0.4 is 10.1 Å². The van der Waals surface area contributed by atoms with Gasteiger partial charge in [-0.05, 0) is 52.1 Å². The van der Waals surface area contributed by atoms with Crippen molar-refractivity contribution in [2.45, 2.75) is 46.7 Å². The predicted molar refractivity (Wildman–Crippen MR) is 94.0 cm³/mol. The van der Waals surface area contributed by atoms with Gasteiger partial charge in [-0.3, -0.25) is 0 Å². The van der Waals surface area contributed by atoms with Crippen LogP contribution >= 0.6 is 15.9 Å². The lowest BCUT2D eigenvalue weighted by Crippen LogP contribution is -2.35. The maximum absolute atomic E-state index is 5.99. The first-order valence-corrected chi connectivity index (χ1v) is 8.53. The quantitative estimate of drug-likeness (QED) is 0.759. The van der Waals surface area contributed by atoms with E-state index in [-0.39, 0.29) is 5.54 Å². The molecule has 1 aromatic rings. The summed E-state index contributed by atoms with van der Waals surface area (Å²) in [6.07, 6.45) is 0. The molecule has 0 aromatic heterocycles. The summed E-state index contributed by atoms with van der Waals surface area (Å²) in [5.74, 6) is 0.974. The number of benzene rings is 1. The van der Waals surface area contributed by atoms with Crippen LogP contribution in [0, 0.1) is 0 Å². The number of halogens is 1. The average Bonchev–Trinajstić information content (AvgIpc) is 2.42. The minimum absolute atomic E-state index is 0.0980. The van der Waals surface area contributed by atoms with Gasteiger partial charge in [0.25, 0.3) is 0 Å². The second kappa shape index (κ2) is 8.76. The van der Waals surface area contributed by atoms with Crippen LogP contribution in [0.2, 0.25) is 0 Å². The van der Waals surface area contributed by atoms with Crippen LogP contribution in [0.3, 0.4) is 0 Å². The highest BCUT2D eigenvalue weighted by Crippen LogP contribution is 2.23. The molecule has 0 spiro atoms. The second-order valence-corrected chi connectivity index (χ2v) is 7.15. The molecular formula is C17H29BrN2O. The molecule has 120 valence electrons. The highest BCUT2D eigenvalue weighted by Gasteiger charge is 2.11. The van der Waals surface area contributed by atoms with Crippen molar-refractivity contribution in [1.82, 2.24) is 10.2 Å². The molecule has 1 N–H and O–H groups in total. The van der Waals surface area contributed by atoms with Crippen LogP contribution in [-0.2, 0) is 6.54 Å². The summed E-state index contributed by atoms with van der Waals surface area (Å²) >= 11 is 3.54. The molecule has 3 nitrogen and oxygen atoms in total. The highest BCUT2D eigenvalue weighted by atomic mass is 79.9. The molecule has 0 amide bonds. The molecule has 0 aliphatic rings. The first-order valence-electron chi connectivity index (χ1n) is 7.74. The molecule has 0 atom stereocenters. The SMILES string of the molecule is CCN(CC)CCOc1ccc(Br)cc1CNC(C)(C)C. The van der Waals surface area contributed by atoms with Gasteiger partial charge < -0.3 is 15.0 Å². The summed E-state index contributed by atoms with van der Waals surface area (Å²) in [6.45, 7) is 15.5. The predicted octanol–water partition coefficient (Wildman–Crippen LogP) is 4.06. The van der Waals surface area contributed by atoms with Crippen molar-refractivity contribution in [2.24, 2.45) is 0 Å². The van der Waals surface area contributed by atoms with Gasteiger partial charge in [-0.2, -0.15) is 0 Å². The fourth-order valence-electron chi connectivity index (χ4n) is 2.01. The van der Waals surface area contributed by atoms with Gasteiger partial charge >= 0.3 is 0 Å². The Balaban J connectivity index is 2.64. The van der Waals surface area contributed by atoms with Crippen LogP contribution in [0.5, 0.6) is 5.75 Å². The third kappa shape index (κ3) is 7.30. The molecule has 0 saturated heterocycles. The summed E-state index contributed by atoms with van der Waals surface area (Å²) < 4.78 is 7.08. The van der Waals surface area contributed by atoms with Crippen molar-refractivity contribution in [3.05, 3.63) is 28.2 Å². The van der Waals surface area contributed by atoms with Crippen molar-refractivity contribution in [1.29, 1.82) is 0 Å². The summed E-state index contributed by atoms with van der Waals surface area (Å²) in [5, 5.41) is 3.52. The van der Waals surface area contributed by atoms with E-state index in [1.165, 1.54) is 5.56 Å². The molecule has 0 heterocycles. The zero-order valence-electron chi connectivity index (χ0n) is 14.0. The zero-order valence-corrected chi connectivity index (χ0v) is 15.6. The van der Waals surface area contributed by atoms with Crippen molar-refractivity contribution in [3.63, 3.8) is 0 Å². The van der Waals surface area contributed by atoms with Gasteiger partial charge in [-0.1, -0.05) is 29.8 Å². The van der Waals surface area contributed by atoms with Crippen LogP contribution in [0.4, 0.5) is 0 Å². The molecule has 21 heavy (non-hydrogen) atoms. The lowest BCUT2D eigenvalue weighted by Gasteiger charge is -2.22. The maximum Gasteiger partial charge on any atom is 0.123 e. The number of hydrogen-bond acceptors (Lipinski definition) is 3. The Morgan fingerprint density at radius 3 is 2.43 bits per heavy atom. The van der Waals surface area contributed by atoms with Crippen LogP contribution in [0.1, 0.15) is 40.2 Å². The minimum Gasteiger partial charge on any atom is -0.492 e. The van der Waals surface area contributed by atoms with E-state index >= 15 is 0 Å². The molecule has 0 saturated carbocycles. The van der Waals surface area contributed by atoms with Crippen LogP contribution in [0.15, 0.2) is 22.7 Å². The average molecular weight is 357 g/mol. The van der Waals surface area contributed by atoms with E-state index in [1.54, 1.807) is 0 Å². The van der Waals surface area contributed by atoms with Gasteiger partial charge in [0.1, 0.15) is 12.4 Å². The largest absolute Gasteiger partial charge is 0.492 e. The number of ether oxygens (including phenoxy) is 1. The molecule has 1 aromatic carbocycles. The monoisotopic (exact) mass is 356 g/mol. The number of likely N-dealkylation sites (N-methyl/N-ethyl adjacent to an activating group) is 1. The first kappa shape index (κ1) is 18.5. The maximum atomic E-state index is 5.99. The first-order chi connectivity index (χ1) is 9.85. The molecule has 0 bridgehead atoms. The number of nitrogens with zero attached hydrogens (tertiary/aromatic N) is 1. The van der Waals surface area contributed by atoms with Crippen molar-refractivity contribution >= 4 is 15.9 Å². The minimum atomic E-state index is 0.0980. The molecular weight excluding hydrogens is 328 g/mol. The smallest absolute Gasteiger partial charge is 0.123 e. The highest BCUT2D eigenvalue weighted by molar-refractivity contribution is 9.10. The Morgan fingerprint density at radius 2 is 1.86 bits per heavy atom. The topological polar surface area (TPSA) is 24.5 Å². The van der Waals surface area contributed by atoms with E-state index in [2.05, 4.69) is 66.8 Å². The number of nitrogens with one attached hydrogen (secondary N) is 1. The fraction of sp³-hybridized carbons (Fsp3) is 0.647. The standard InChI is InChI=1S/C17H29BrN2O/c1-6-20(7-2)10-11-21-16-9-8-15(18)12-14(16)13-19-17(3,4)5/h8-9,12,19H,6-7,10-11,13H2,1-5H3. The van der Waals surface area contributed by atoms with Gasteiger partial charge in [-0.15, -0.1) is 0 Å². The van der Waals surface area contributed by atoms with Crippen molar-refractivity contribution in [3.8, 4) is 5.75 Å². The zero-order chi connectivity index (χ0) is 15.9. The third-order valence-corrected chi connectivity index (χ3v) is 3.88. The summed E-state index contributed by atoms with van der Waals surface area (Å²) in [4.78, 5) is 2.37. The normalized spacial score (nSPS) is 12.0. The fourth-order valence-corrected chi connectivity index (χ4v) is 2.42.